The smallest absolute Gasteiger partial charge is 0.363 e. The summed E-state index contributed by atoms with van der Waals surface area (Å²) >= 11 is 0.663. The molecule has 1 aliphatic carbocycles. The molecule has 21 heavy (non-hydrogen) atoms. The molecule has 0 atom stereocenters. The first kappa shape index (κ1) is 13.9. The van der Waals surface area contributed by atoms with Gasteiger partial charge in [-0.3, -0.25) is 5.10 Å². The van der Waals surface area contributed by atoms with E-state index in [-0.39, 0.29) is 6.54 Å². The van der Waals surface area contributed by atoms with E-state index in [4.69, 9.17) is 0 Å². The Hall–Kier alpha value is -2.01. The highest BCUT2D eigenvalue weighted by molar-refractivity contribution is 7.10. The highest BCUT2D eigenvalue weighted by Gasteiger charge is 2.32. The number of nitriles is 1. The normalized spacial score (nSPS) is 15.0. The molecular formula is C13H11F3N4S. The molecule has 0 aromatic carbocycles. The number of halogens is 3. The third-order valence-electron chi connectivity index (χ3n) is 3.28. The molecule has 0 aliphatic heterocycles. The Kier molecular flexibility index (Phi) is 3.37. The van der Waals surface area contributed by atoms with Crippen molar-refractivity contribution in [2.24, 2.45) is 0 Å². The molecule has 3 rings (SSSR count). The van der Waals surface area contributed by atoms with E-state index < -0.39 is 11.1 Å². The van der Waals surface area contributed by atoms with E-state index in [0.717, 1.165) is 24.6 Å². The molecule has 2 N–H and O–H groups in total. The van der Waals surface area contributed by atoms with Crippen molar-refractivity contribution >= 4 is 17.2 Å². The molecule has 8 heteroatoms. The second kappa shape index (κ2) is 5.07. The number of alkyl halides is 3. The molecule has 0 amide bonds. The van der Waals surface area contributed by atoms with Gasteiger partial charge >= 0.3 is 6.18 Å². The van der Waals surface area contributed by atoms with Gasteiger partial charge in [0.25, 0.3) is 0 Å². The molecule has 0 radical (unpaired) electrons. The van der Waals surface area contributed by atoms with Crippen LogP contribution in [-0.4, -0.2) is 10.2 Å². The predicted molar refractivity (Wildman–Crippen MR) is 71.9 cm³/mol. The summed E-state index contributed by atoms with van der Waals surface area (Å²) in [6, 6.07) is 3.21. The first-order valence-corrected chi connectivity index (χ1v) is 7.24. The van der Waals surface area contributed by atoms with E-state index in [1.54, 1.807) is 0 Å². The standard InChI is InChI=1S/C13H11F3N4S/c14-13(15,16)10-3-7(6-21-10)5-18-12-9(4-17)11(19-20-12)8-1-2-8/h3,6,8H,1-2,5H2,(H2,18,19,20). The molecule has 0 unspecified atom stereocenters. The zero-order valence-electron chi connectivity index (χ0n) is 10.8. The highest BCUT2D eigenvalue weighted by Crippen LogP contribution is 2.41. The largest absolute Gasteiger partial charge is 0.425 e. The van der Waals surface area contributed by atoms with Crippen molar-refractivity contribution in [3.05, 3.63) is 33.1 Å². The maximum Gasteiger partial charge on any atom is 0.425 e. The molecule has 0 bridgehead atoms. The second-order valence-corrected chi connectivity index (χ2v) is 5.83. The number of H-pyrrole nitrogens is 1. The fourth-order valence-electron chi connectivity index (χ4n) is 2.07. The molecule has 1 saturated carbocycles. The van der Waals surface area contributed by atoms with Crippen molar-refractivity contribution in [3.63, 3.8) is 0 Å². The number of thiophene rings is 1. The Morgan fingerprint density at radius 2 is 2.24 bits per heavy atom. The average molecular weight is 312 g/mol. The van der Waals surface area contributed by atoms with Gasteiger partial charge in [-0.05, 0) is 29.9 Å². The number of nitrogens with one attached hydrogen (secondary N) is 2. The lowest BCUT2D eigenvalue weighted by Gasteiger charge is -2.02. The van der Waals surface area contributed by atoms with Crippen molar-refractivity contribution < 1.29 is 13.2 Å². The zero-order chi connectivity index (χ0) is 15.0. The van der Waals surface area contributed by atoms with E-state index in [0.29, 0.717) is 34.2 Å². The summed E-state index contributed by atoms with van der Waals surface area (Å²) in [5.41, 5.74) is 1.80. The van der Waals surface area contributed by atoms with Gasteiger partial charge in [0, 0.05) is 12.5 Å². The summed E-state index contributed by atoms with van der Waals surface area (Å²) in [5.74, 6) is 0.764. The lowest BCUT2D eigenvalue weighted by atomic mass is 10.2. The number of hydrogen-bond donors (Lipinski definition) is 2. The zero-order valence-corrected chi connectivity index (χ0v) is 11.6. The van der Waals surface area contributed by atoms with E-state index in [9.17, 15) is 18.4 Å². The van der Waals surface area contributed by atoms with Gasteiger partial charge in [0.05, 0.1) is 5.69 Å². The van der Waals surface area contributed by atoms with Crippen LogP contribution in [0.5, 0.6) is 0 Å². The number of rotatable bonds is 4. The maximum absolute atomic E-state index is 12.5. The second-order valence-electron chi connectivity index (χ2n) is 4.92. The van der Waals surface area contributed by atoms with Crippen LogP contribution in [0.15, 0.2) is 11.4 Å². The van der Waals surface area contributed by atoms with Crippen LogP contribution in [-0.2, 0) is 12.7 Å². The summed E-state index contributed by atoms with van der Waals surface area (Å²) in [6.45, 7) is 0.205. The molecule has 4 nitrogen and oxygen atoms in total. The van der Waals surface area contributed by atoms with Gasteiger partial charge in [-0.25, -0.2) is 0 Å². The van der Waals surface area contributed by atoms with E-state index >= 15 is 0 Å². The van der Waals surface area contributed by atoms with Crippen molar-refractivity contribution in [3.8, 4) is 6.07 Å². The number of aromatic nitrogens is 2. The SMILES string of the molecule is N#Cc1c(NCc2csc(C(F)(F)F)c2)n[nH]c1C1CC1. The van der Waals surface area contributed by atoms with Crippen LogP contribution in [0.4, 0.5) is 19.0 Å². The number of anilines is 1. The van der Waals surface area contributed by atoms with Crippen molar-refractivity contribution in [2.45, 2.75) is 31.5 Å². The van der Waals surface area contributed by atoms with E-state index in [1.165, 1.54) is 5.38 Å². The Labute approximate surface area is 122 Å². The minimum Gasteiger partial charge on any atom is -0.363 e. The van der Waals surface area contributed by atoms with Crippen LogP contribution in [0.1, 0.15) is 40.5 Å². The van der Waals surface area contributed by atoms with Gasteiger partial charge in [0.2, 0.25) is 0 Å². The number of aromatic amines is 1. The minimum atomic E-state index is -4.31. The summed E-state index contributed by atoms with van der Waals surface area (Å²) in [6.07, 6.45) is -2.24. The van der Waals surface area contributed by atoms with Gasteiger partial charge in [0.1, 0.15) is 16.5 Å². The first-order chi connectivity index (χ1) is 9.99. The fourth-order valence-corrected chi connectivity index (χ4v) is 2.85. The third-order valence-corrected chi connectivity index (χ3v) is 4.31. The lowest BCUT2D eigenvalue weighted by Crippen LogP contribution is -2.03. The van der Waals surface area contributed by atoms with E-state index in [1.807, 2.05) is 0 Å². The first-order valence-electron chi connectivity index (χ1n) is 6.36. The Morgan fingerprint density at radius 3 is 2.81 bits per heavy atom. The topological polar surface area (TPSA) is 64.5 Å². The van der Waals surface area contributed by atoms with Crippen LogP contribution >= 0.6 is 11.3 Å². The number of hydrogen-bond acceptors (Lipinski definition) is 4. The average Bonchev–Trinajstić information content (AvgIpc) is 3.01. The molecule has 1 fully saturated rings. The lowest BCUT2D eigenvalue weighted by molar-refractivity contribution is -0.134. The predicted octanol–water partition coefficient (Wildman–Crippen LogP) is 3.85. The Bertz CT molecular complexity index is 691. The third kappa shape index (κ3) is 2.88. The fraction of sp³-hybridized carbons (Fsp3) is 0.385. The summed E-state index contributed by atoms with van der Waals surface area (Å²) < 4.78 is 37.5. The highest BCUT2D eigenvalue weighted by atomic mass is 32.1. The van der Waals surface area contributed by atoms with Gasteiger partial charge < -0.3 is 5.32 Å². The molecule has 0 spiro atoms. The van der Waals surface area contributed by atoms with Gasteiger partial charge in [0.15, 0.2) is 5.82 Å². The van der Waals surface area contributed by atoms with E-state index in [2.05, 4.69) is 21.6 Å². The molecule has 110 valence electrons. The van der Waals surface area contributed by atoms with Gasteiger partial charge in [-0.15, -0.1) is 11.3 Å². The van der Waals surface area contributed by atoms with Gasteiger partial charge in [-0.1, -0.05) is 0 Å². The van der Waals surface area contributed by atoms with Crippen LogP contribution in [0.2, 0.25) is 0 Å². The van der Waals surface area contributed by atoms with Crippen molar-refractivity contribution in [1.29, 1.82) is 5.26 Å². The van der Waals surface area contributed by atoms with Crippen LogP contribution in [0, 0.1) is 11.3 Å². The van der Waals surface area contributed by atoms with Crippen molar-refractivity contribution in [1.82, 2.24) is 10.2 Å². The summed E-state index contributed by atoms with van der Waals surface area (Å²) in [4.78, 5) is -0.625. The Balaban J connectivity index is 1.71. The quantitative estimate of drug-likeness (QED) is 0.901. The van der Waals surface area contributed by atoms with Crippen LogP contribution in [0.3, 0.4) is 0 Å². The van der Waals surface area contributed by atoms with Crippen LogP contribution in [0.25, 0.3) is 0 Å². The molecule has 0 saturated heterocycles. The molecule has 1 aliphatic rings. The van der Waals surface area contributed by atoms with Gasteiger partial charge in [-0.2, -0.15) is 23.5 Å². The maximum atomic E-state index is 12.5. The minimum absolute atomic E-state index is 0.205. The summed E-state index contributed by atoms with van der Waals surface area (Å²) in [5, 5.41) is 20.4. The monoisotopic (exact) mass is 312 g/mol. The Morgan fingerprint density at radius 1 is 1.48 bits per heavy atom. The van der Waals surface area contributed by atoms with Crippen molar-refractivity contribution in [2.75, 3.05) is 5.32 Å². The molecule has 2 heterocycles. The molecule has 2 aromatic rings. The molecular weight excluding hydrogens is 301 g/mol. The summed E-state index contributed by atoms with van der Waals surface area (Å²) in [7, 11) is 0. The molecule has 2 aromatic heterocycles. The number of nitrogens with zero attached hydrogens (tertiary/aromatic N) is 2. The van der Waals surface area contributed by atoms with Crippen LogP contribution < -0.4 is 5.32 Å².